The van der Waals surface area contributed by atoms with Crippen LogP contribution in [-0.2, 0) is 0 Å². The van der Waals surface area contributed by atoms with E-state index in [-0.39, 0.29) is 0 Å². The van der Waals surface area contributed by atoms with Crippen molar-refractivity contribution in [3.8, 4) is 0 Å². The first-order chi connectivity index (χ1) is 9.83. The molecule has 1 aliphatic rings. The molecule has 0 radical (unpaired) electrons. The Labute approximate surface area is 120 Å². The van der Waals surface area contributed by atoms with E-state index in [0.717, 1.165) is 25.9 Å². The molecule has 1 aliphatic carbocycles. The van der Waals surface area contributed by atoms with Gasteiger partial charge in [0.25, 0.3) is 0 Å². The quantitative estimate of drug-likeness (QED) is 0.885. The molecule has 0 bridgehead atoms. The Morgan fingerprint density at radius 1 is 0.800 bits per heavy atom. The van der Waals surface area contributed by atoms with Crippen LogP contribution >= 0.6 is 0 Å². The molecule has 3 rings (SSSR count). The first kappa shape index (κ1) is 13.0. The van der Waals surface area contributed by atoms with Crippen molar-refractivity contribution in [1.29, 1.82) is 0 Å². The average molecular weight is 266 g/mol. The van der Waals surface area contributed by atoms with E-state index in [9.17, 15) is 0 Å². The fourth-order valence-electron chi connectivity index (χ4n) is 3.05. The Morgan fingerprint density at radius 2 is 1.25 bits per heavy atom. The van der Waals surface area contributed by atoms with Gasteiger partial charge in [0.1, 0.15) is 0 Å². The highest BCUT2D eigenvalue weighted by molar-refractivity contribution is 5.83. The van der Waals surface area contributed by atoms with E-state index >= 15 is 0 Å². The summed E-state index contributed by atoms with van der Waals surface area (Å²) in [6, 6.07) is 13.3. The van der Waals surface area contributed by atoms with Crippen molar-refractivity contribution in [2.75, 3.05) is 13.1 Å². The largest absolute Gasteiger partial charge is 0.388 e. The summed E-state index contributed by atoms with van der Waals surface area (Å²) in [5.41, 5.74) is 2.77. The molecule has 0 unspecified atom stereocenters. The van der Waals surface area contributed by atoms with E-state index in [4.69, 9.17) is 0 Å². The SMILES string of the molecule is CCNC1=c2cc3ccccc3cc2=C(NCC)CC1. The van der Waals surface area contributed by atoms with Crippen molar-refractivity contribution < 1.29 is 0 Å². The molecule has 0 aliphatic heterocycles. The number of hydrogen-bond donors (Lipinski definition) is 2. The summed E-state index contributed by atoms with van der Waals surface area (Å²) < 4.78 is 0. The number of rotatable bonds is 4. The van der Waals surface area contributed by atoms with Crippen molar-refractivity contribution in [2.24, 2.45) is 0 Å². The molecule has 2 aromatic rings. The van der Waals surface area contributed by atoms with Gasteiger partial charge in [-0.15, -0.1) is 0 Å². The highest BCUT2D eigenvalue weighted by Gasteiger charge is 2.11. The highest BCUT2D eigenvalue weighted by Crippen LogP contribution is 2.14. The minimum Gasteiger partial charge on any atom is -0.388 e. The molecule has 104 valence electrons. The van der Waals surface area contributed by atoms with Crippen LogP contribution in [-0.4, -0.2) is 13.1 Å². The van der Waals surface area contributed by atoms with Gasteiger partial charge in [-0.2, -0.15) is 0 Å². The van der Waals surface area contributed by atoms with Gasteiger partial charge >= 0.3 is 0 Å². The molecule has 0 saturated heterocycles. The first-order valence-corrected chi connectivity index (χ1v) is 7.56. The molecule has 2 heteroatoms. The monoisotopic (exact) mass is 266 g/mol. The number of nitrogens with one attached hydrogen (secondary N) is 2. The number of benzene rings is 2. The van der Waals surface area contributed by atoms with Crippen LogP contribution in [0.2, 0.25) is 0 Å². The Hall–Kier alpha value is -1.96. The molecule has 20 heavy (non-hydrogen) atoms. The van der Waals surface area contributed by atoms with Gasteiger partial charge in [0, 0.05) is 34.9 Å². The predicted octanol–water partition coefficient (Wildman–Crippen LogP) is 2.07. The maximum absolute atomic E-state index is 3.54. The molecule has 0 fully saturated rings. The number of hydrogen-bond acceptors (Lipinski definition) is 2. The maximum atomic E-state index is 3.54. The van der Waals surface area contributed by atoms with Gasteiger partial charge in [-0.05, 0) is 49.6 Å². The van der Waals surface area contributed by atoms with Crippen LogP contribution in [0.15, 0.2) is 36.4 Å². The Morgan fingerprint density at radius 3 is 1.65 bits per heavy atom. The van der Waals surface area contributed by atoms with Gasteiger partial charge in [-0.3, -0.25) is 0 Å². The van der Waals surface area contributed by atoms with Crippen LogP contribution in [0, 0.1) is 0 Å². The zero-order valence-electron chi connectivity index (χ0n) is 12.3. The average Bonchev–Trinajstić information content (AvgIpc) is 2.48. The van der Waals surface area contributed by atoms with Crippen molar-refractivity contribution >= 4 is 22.2 Å². The van der Waals surface area contributed by atoms with Crippen LogP contribution in [0.5, 0.6) is 0 Å². The van der Waals surface area contributed by atoms with Crippen molar-refractivity contribution in [3.63, 3.8) is 0 Å². The summed E-state index contributed by atoms with van der Waals surface area (Å²) >= 11 is 0. The molecule has 2 aromatic carbocycles. The summed E-state index contributed by atoms with van der Waals surface area (Å²) in [7, 11) is 0. The lowest BCUT2D eigenvalue weighted by Crippen LogP contribution is -2.39. The maximum Gasteiger partial charge on any atom is 0.0191 e. The Balaban J connectivity index is 2.36. The smallest absolute Gasteiger partial charge is 0.0191 e. The fourth-order valence-corrected chi connectivity index (χ4v) is 3.05. The van der Waals surface area contributed by atoms with E-state index in [1.807, 2.05) is 0 Å². The third-order valence-electron chi connectivity index (χ3n) is 3.94. The zero-order valence-corrected chi connectivity index (χ0v) is 12.3. The van der Waals surface area contributed by atoms with Crippen LogP contribution in [0.3, 0.4) is 0 Å². The van der Waals surface area contributed by atoms with Gasteiger partial charge < -0.3 is 10.6 Å². The lowest BCUT2D eigenvalue weighted by atomic mass is 9.98. The van der Waals surface area contributed by atoms with E-state index < -0.39 is 0 Å². The van der Waals surface area contributed by atoms with Crippen molar-refractivity contribution in [2.45, 2.75) is 26.7 Å². The molecular weight excluding hydrogens is 244 g/mol. The second-order valence-electron chi connectivity index (χ2n) is 5.26. The molecule has 0 aromatic heterocycles. The van der Waals surface area contributed by atoms with Crippen LogP contribution in [0.4, 0.5) is 0 Å². The van der Waals surface area contributed by atoms with E-state index in [1.165, 1.54) is 32.6 Å². The van der Waals surface area contributed by atoms with Crippen molar-refractivity contribution in [1.82, 2.24) is 10.6 Å². The minimum atomic E-state index is 0.984. The predicted molar refractivity (Wildman–Crippen MR) is 86.6 cm³/mol. The van der Waals surface area contributed by atoms with Crippen LogP contribution < -0.4 is 21.1 Å². The van der Waals surface area contributed by atoms with Crippen LogP contribution in [0.1, 0.15) is 26.7 Å². The second-order valence-corrected chi connectivity index (χ2v) is 5.26. The molecule has 0 heterocycles. The molecule has 2 N–H and O–H groups in total. The van der Waals surface area contributed by atoms with E-state index in [0.29, 0.717) is 0 Å². The second kappa shape index (κ2) is 5.58. The van der Waals surface area contributed by atoms with Crippen molar-refractivity contribution in [3.05, 3.63) is 46.8 Å². The summed E-state index contributed by atoms with van der Waals surface area (Å²) in [6.45, 7) is 6.30. The number of fused-ring (bicyclic) bond motifs is 2. The minimum absolute atomic E-state index is 0.984. The lowest BCUT2D eigenvalue weighted by molar-refractivity contribution is 0.815. The summed E-state index contributed by atoms with van der Waals surface area (Å²) in [6.07, 6.45) is 2.20. The third kappa shape index (κ3) is 2.26. The normalized spacial score (nSPS) is 14.3. The molecular formula is C18H22N2. The Kier molecular flexibility index (Phi) is 3.64. The summed E-state index contributed by atoms with van der Waals surface area (Å²) in [4.78, 5) is 0. The van der Waals surface area contributed by atoms with Gasteiger partial charge in [0.15, 0.2) is 0 Å². The molecule has 0 amide bonds. The van der Waals surface area contributed by atoms with Gasteiger partial charge in [-0.1, -0.05) is 24.3 Å². The van der Waals surface area contributed by atoms with E-state index in [2.05, 4.69) is 60.9 Å². The first-order valence-electron chi connectivity index (χ1n) is 7.56. The lowest BCUT2D eigenvalue weighted by Gasteiger charge is -2.19. The standard InChI is InChI=1S/C18H22N2/c1-3-19-17-9-10-18(20-4-2)16-12-14-8-6-5-7-13(14)11-15(16)17/h5-8,11-12,19-20H,3-4,9-10H2,1-2H3. The van der Waals surface area contributed by atoms with Gasteiger partial charge in [0.2, 0.25) is 0 Å². The molecule has 0 saturated carbocycles. The summed E-state index contributed by atoms with van der Waals surface area (Å²) in [5, 5.41) is 12.5. The molecule has 2 nitrogen and oxygen atoms in total. The Bertz CT molecular complexity index is 679. The third-order valence-corrected chi connectivity index (χ3v) is 3.94. The molecule has 0 spiro atoms. The van der Waals surface area contributed by atoms with E-state index in [1.54, 1.807) is 0 Å². The zero-order chi connectivity index (χ0) is 13.9. The van der Waals surface area contributed by atoms with Gasteiger partial charge in [0.05, 0.1) is 0 Å². The topological polar surface area (TPSA) is 24.1 Å². The van der Waals surface area contributed by atoms with Gasteiger partial charge in [-0.25, -0.2) is 0 Å². The van der Waals surface area contributed by atoms with Crippen LogP contribution in [0.25, 0.3) is 22.2 Å². The fraction of sp³-hybridized carbons (Fsp3) is 0.333. The summed E-state index contributed by atoms with van der Waals surface area (Å²) in [5.74, 6) is 0. The molecule has 0 atom stereocenters. The highest BCUT2D eigenvalue weighted by atomic mass is 14.9.